The summed E-state index contributed by atoms with van der Waals surface area (Å²) >= 11 is 0. The van der Waals surface area contributed by atoms with Crippen molar-refractivity contribution in [1.29, 1.82) is 5.26 Å². The van der Waals surface area contributed by atoms with Crippen molar-refractivity contribution in [3.63, 3.8) is 0 Å². The fourth-order valence-electron chi connectivity index (χ4n) is 4.74. The summed E-state index contributed by atoms with van der Waals surface area (Å²) in [6.45, 7) is 9.46. The van der Waals surface area contributed by atoms with Gasteiger partial charge in [-0.25, -0.2) is 14.4 Å². The molecule has 1 amide bonds. The number of aromatic nitrogens is 2. The summed E-state index contributed by atoms with van der Waals surface area (Å²) in [5.41, 5.74) is 2.25. The van der Waals surface area contributed by atoms with Crippen LogP contribution in [0.1, 0.15) is 39.2 Å². The van der Waals surface area contributed by atoms with Crippen molar-refractivity contribution < 1.29 is 23.8 Å². The van der Waals surface area contributed by atoms with Crippen LogP contribution in [0, 0.1) is 17.1 Å². The highest BCUT2D eigenvalue weighted by molar-refractivity contribution is 5.80. The molecule has 0 unspecified atom stereocenters. The van der Waals surface area contributed by atoms with E-state index in [1.165, 1.54) is 13.0 Å². The number of aliphatic hydroxyl groups is 1. The van der Waals surface area contributed by atoms with E-state index in [1.54, 1.807) is 41.4 Å². The maximum absolute atomic E-state index is 14.4. The van der Waals surface area contributed by atoms with Crippen molar-refractivity contribution in [2.45, 2.75) is 45.8 Å². The number of hydrogen-bond acceptors (Lipinski definition) is 9. The lowest BCUT2D eigenvalue weighted by atomic mass is 10.1. The van der Waals surface area contributed by atoms with Gasteiger partial charge >= 0.3 is 0 Å². The van der Waals surface area contributed by atoms with Gasteiger partial charge in [0, 0.05) is 56.0 Å². The molecule has 1 saturated heterocycles. The second-order valence-corrected chi connectivity index (χ2v) is 10.1. The van der Waals surface area contributed by atoms with Gasteiger partial charge in [0.25, 0.3) is 5.91 Å². The number of benzene rings is 2. The Hall–Kier alpha value is -4.27. The molecule has 0 spiro atoms. The van der Waals surface area contributed by atoms with Gasteiger partial charge in [-0.05, 0) is 56.4 Å². The lowest BCUT2D eigenvalue weighted by Crippen LogP contribution is -2.45. The van der Waals surface area contributed by atoms with Crippen molar-refractivity contribution in [3.05, 3.63) is 60.0 Å². The molecule has 3 aromatic rings. The first-order valence-corrected chi connectivity index (χ1v) is 14.2. The van der Waals surface area contributed by atoms with Crippen LogP contribution >= 0.6 is 0 Å². The number of carbonyl (C=O) groups is 1. The van der Waals surface area contributed by atoms with Crippen molar-refractivity contribution >= 4 is 17.5 Å². The highest BCUT2D eigenvalue weighted by Crippen LogP contribution is 2.29. The molecule has 1 fully saturated rings. The number of amides is 1. The third kappa shape index (κ3) is 7.93. The lowest BCUT2D eigenvalue weighted by molar-refractivity contribution is -0.141. The fraction of sp³-hybridized carbons (Fsp3) is 0.419. The number of nitriles is 1. The maximum Gasteiger partial charge on any atom is 0.251 e. The van der Waals surface area contributed by atoms with Crippen LogP contribution in [-0.2, 0) is 4.79 Å². The van der Waals surface area contributed by atoms with Gasteiger partial charge in [-0.1, -0.05) is 13.8 Å². The molecule has 0 radical (unpaired) electrons. The summed E-state index contributed by atoms with van der Waals surface area (Å²) in [6.07, 6.45) is 1.66. The molecule has 0 bridgehead atoms. The third-order valence-corrected chi connectivity index (χ3v) is 7.20. The second kappa shape index (κ2) is 14.6. The van der Waals surface area contributed by atoms with E-state index in [2.05, 4.69) is 40.1 Å². The van der Waals surface area contributed by atoms with Crippen molar-refractivity contribution in [2.75, 3.05) is 44.6 Å². The van der Waals surface area contributed by atoms with Gasteiger partial charge in [0.15, 0.2) is 11.6 Å². The minimum absolute atomic E-state index is 0.141. The summed E-state index contributed by atoms with van der Waals surface area (Å²) < 4.78 is 26.2. The number of carbonyl (C=O) groups excluding carboxylic acids is 1. The van der Waals surface area contributed by atoms with E-state index in [0.29, 0.717) is 73.3 Å². The maximum atomic E-state index is 14.4. The molecule has 1 aromatic heterocycles. The van der Waals surface area contributed by atoms with E-state index in [0.717, 1.165) is 13.1 Å². The number of aliphatic hydroxyl groups excluding tert-OH is 1. The first-order valence-electron chi connectivity index (χ1n) is 14.2. The van der Waals surface area contributed by atoms with Crippen LogP contribution in [0.15, 0.2) is 48.7 Å². The monoisotopic (exact) mass is 576 g/mol. The van der Waals surface area contributed by atoms with E-state index in [4.69, 9.17) is 9.47 Å². The minimum Gasteiger partial charge on any atom is -0.489 e. The molecule has 1 aliphatic rings. The van der Waals surface area contributed by atoms with E-state index >= 15 is 0 Å². The molecule has 222 valence electrons. The van der Waals surface area contributed by atoms with E-state index in [9.17, 15) is 19.6 Å². The Morgan fingerprint density at radius 3 is 2.64 bits per heavy atom. The smallest absolute Gasteiger partial charge is 0.251 e. The molecule has 2 aromatic carbocycles. The first-order chi connectivity index (χ1) is 20.3. The molecular weight excluding hydrogens is 539 g/mol. The Morgan fingerprint density at radius 1 is 1.19 bits per heavy atom. The Balaban J connectivity index is 1.41. The number of nitrogens with one attached hydrogen (secondary N) is 1. The third-order valence-electron chi connectivity index (χ3n) is 7.20. The van der Waals surface area contributed by atoms with E-state index in [-0.39, 0.29) is 17.8 Å². The zero-order valence-corrected chi connectivity index (χ0v) is 24.2. The van der Waals surface area contributed by atoms with Crippen LogP contribution in [0.25, 0.3) is 11.3 Å². The van der Waals surface area contributed by atoms with Gasteiger partial charge in [-0.2, -0.15) is 5.26 Å². The van der Waals surface area contributed by atoms with E-state index < -0.39 is 11.9 Å². The molecule has 2 heterocycles. The minimum atomic E-state index is -1.02. The Labute approximate surface area is 245 Å². The molecular formula is C31H37FN6O4. The SMILES string of the molecule is CCN(CC)CCOc1cc(Nc2nccc(-c3ccc(OC4CCN(C(=O)[C@H](C)O)CC4)c(C#N)c3)n2)ccc1F. The number of halogens is 1. The molecule has 1 aliphatic heterocycles. The zero-order valence-electron chi connectivity index (χ0n) is 24.2. The normalized spacial score (nSPS) is 14.4. The quantitative estimate of drug-likeness (QED) is 0.323. The molecule has 2 N–H and O–H groups in total. The van der Waals surface area contributed by atoms with Crippen LogP contribution in [0.5, 0.6) is 11.5 Å². The number of piperidine rings is 1. The van der Waals surface area contributed by atoms with Crippen LogP contribution in [0.4, 0.5) is 16.0 Å². The van der Waals surface area contributed by atoms with Crippen molar-refractivity contribution in [2.24, 2.45) is 0 Å². The highest BCUT2D eigenvalue weighted by Gasteiger charge is 2.26. The predicted octanol–water partition coefficient (Wildman–Crippen LogP) is 4.37. The Kier molecular flexibility index (Phi) is 10.6. The number of rotatable bonds is 12. The van der Waals surface area contributed by atoms with E-state index in [1.807, 2.05) is 6.07 Å². The van der Waals surface area contributed by atoms with Gasteiger partial charge in [0.2, 0.25) is 5.95 Å². The largest absolute Gasteiger partial charge is 0.489 e. The number of anilines is 2. The number of hydrogen-bond donors (Lipinski definition) is 2. The summed E-state index contributed by atoms with van der Waals surface area (Å²) in [5.74, 6) is 0.199. The van der Waals surface area contributed by atoms with Gasteiger partial charge < -0.3 is 29.7 Å². The lowest BCUT2D eigenvalue weighted by Gasteiger charge is -2.33. The van der Waals surface area contributed by atoms with Crippen molar-refractivity contribution in [1.82, 2.24) is 19.8 Å². The van der Waals surface area contributed by atoms with Gasteiger partial charge in [0.1, 0.15) is 30.6 Å². The molecule has 10 nitrogen and oxygen atoms in total. The van der Waals surface area contributed by atoms with Gasteiger partial charge in [-0.3, -0.25) is 4.79 Å². The van der Waals surface area contributed by atoms with Crippen LogP contribution in [0.2, 0.25) is 0 Å². The summed E-state index contributed by atoms with van der Waals surface area (Å²) in [6, 6.07) is 13.7. The Morgan fingerprint density at radius 2 is 1.95 bits per heavy atom. The average molecular weight is 577 g/mol. The molecule has 0 saturated carbocycles. The molecule has 4 rings (SSSR count). The molecule has 11 heteroatoms. The summed E-state index contributed by atoms with van der Waals surface area (Å²) in [4.78, 5) is 24.7. The molecule has 42 heavy (non-hydrogen) atoms. The van der Waals surface area contributed by atoms with Crippen LogP contribution in [-0.4, -0.2) is 82.3 Å². The predicted molar refractivity (Wildman–Crippen MR) is 157 cm³/mol. The highest BCUT2D eigenvalue weighted by atomic mass is 19.1. The van der Waals surface area contributed by atoms with Crippen molar-refractivity contribution in [3.8, 4) is 28.8 Å². The fourth-order valence-corrected chi connectivity index (χ4v) is 4.74. The standard InChI is InChI=1S/C31H37FN6O4/c1-4-37(5-2)16-17-41-29-19-24(7-8-26(29)32)35-31-34-13-10-27(36-31)22-6-9-28(23(18-22)20-33)42-25-11-14-38(15-12-25)30(40)21(3)39/h6-10,13,18-19,21,25,39H,4-5,11-12,14-17H2,1-3H3,(H,34,35,36)/t21-/m0/s1. The Bertz CT molecular complexity index is 1400. The number of likely N-dealkylation sites (tertiary alicyclic amines) is 1. The average Bonchev–Trinajstić information content (AvgIpc) is 3.01. The molecule has 0 aliphatic carbocycles. The van der Waals surface area contributed by atoms with Crippen LogP contribution < -0.4 is 14.8 Å². The number of ether oxygens (including phenoxy) is 2. The van der Waals surface area contributed by atoms with Crippen LogP contribution in [0.3, 0.4) is 0 Å². The molecule has 1 atom stereocenters. The zero-order chi connectivity index (χ0) is 30.1. The number of likely N-dealkylation sites (N-methyl/N-ethyl adjacent to an activating group) is 1. The summed E-state index contributed by atoms with van der Waals surface area (Å²) in [7, 11) is 0. The second-order valence-electron chi connectivity index (χ2n) is 10.1. The topological polar surface area (TPSA) is 124 Å². The summed E-state index contributed by atoms with van der Waals surface area (Å²) in [5, 5.41) is 22.5. The van der Waals surface area contributed by atoms with Gasteiger partial charge in [0.05, 0.1) is 11.3 Å². The first kappa shape index (κ1) is 30.7. The number of nitrogens with zero attached hydrogens (tertiary/aromatic N) is 5. The van der Waals surface area contributed by atoms with Gasteiger partial charge in [-0.15, -0.1) is 0 Å².